The van der Waals surface area contributed by atoms with Crippen LogP contribution in [0.4, 0.5) is 5.69 Å². The van der Waals surface area contributed by atoms with Gasteiger partial charge in [-0.05, 0) is 36.3 Å². The van der Waals surface area contributed by atoms with E-state index in [1.165, 1.54) is 35.1 Å². The first kappa shape index (κ1) is 22.1. The van der Waals surface area contributed by atoms with E-state index in [1.54, 1.807) is 31.2 Å². The summed E-state index contributed by atoms with van der Waals surface area (Å²) in [6.45, 7) is 1.71. The minimum Gasteiger partial charge on any atom is -0.466 e. The van der Waals surface area contributed by atoms with Crippen molar-refractivity contribution in [2.75, 3.05) is 7.11 Å². The topological polar surface area (TPSA) is 104 Å². The summed E-state index contributed by atoms with van der Waals surface area (Å²) in [5, 5.41) is 10.9. The molecule has 0 aliphatic carbocycles. The second-order valence-corrected chi connectivity index (χ2v) is 8.24. The van der Waals surface area contributed by atoms with Crippen LogP contribution in [0.25, 0.3) is 12.2 Å². The van der Waals surface area contributed by atoms with Crippen LogP contribution >= 0.6 is 11.3 Å². The Balaban J connectivity index is 1.84. The maximum absolute atomic E-state index is 13.3. The van der Waals surface area contributed by atoms with Crippen molar-refractivity contribution in [1.29, 1.82) is 0 Å². The summed E-state index contributed by atoms with van der Waals surface area (Å²) in [6.07, 6.45) is 5.29. The fraction of sp³-hybridized carbons (Fsp3) is 0.125. The summed E-state index contributed by atoms with van der Waals surface area (Å²) in [6, 6.07) is 14.8. The summed E-state index contributed by atoms with van der Waals surface area (Å²) in [5.41, 5.74) is 1.99. The molecule has 1 aliphatic heterocycles. The summed E-state index contributed by atoms with van der Waals surface area (Å²) in [5.74, 6) is -0.552. The van der Waals surface area contributed by atoms with E-state index in [1.807, 2.05) is 36.4 Å². The van der Waals surface area contributed by atoms with Crippen LogP contribution in [0.1, 0.15) is 24.1 Å². The molecule has 1 aliphatic rings. The predicted octanol–water partition coefficient (Wildman–Crippen LogP) is 2.98. The number of non-ortho nitro benzene ring substituents is 1. The molecule has 2 heterocycles. The van der Waals surface area contributed by atoms with Gasteiger partial charge in [0.05, 0.1) is 33.9 Å². The Morgan fingerprint density at radius 3 is 2.48 bits per heavy atom. The molecule has 0 N–H and O–H groups in total. The normalized spacial score (nSPS) is 15.9. The number of ether oxygens (including phenoxy) is 1. The molecule has 9 heteroatoms. The summed E-state index contributed by atoms with van der Waals surface area (Å²) >= 11 is 1.19. The first-order chi connectivity index (χ1) is 15.9. The third-order valence-electron chi connectivity index (χ3n) is 5.14. The largest absolute Gasteiger partial charge is 0.466 e. The number of esters is 1. The van der Waals surface area contributed by atoms with Gasteiger partial charge >= 0.3 is 5.97 Å². The molecule has 1 aromatic heterocycles. The van der Waals surface area contributed by atoms with Crippen LogP contribution in [0.2, 0.25) is 0 Å². The highest BCUT2D eigenvalue weighted by molar-refractivity contribution is 7.07. The molecule has 0 bridgehead atoms. The lowest BCUT2D eigenvalue weighted by atomic mass is 10.0. The van der Waals surface area contributed by atoms with E-state index in [0.717, 1.165) is 5.56 Å². The van der Waals surface area contributed by atoms with Crippen LogP contribution in [0.15, 0.2) is 81.7 Å². The average Bonchev–Trinajstić information content (AvgIpc) is 3.12. The Kier molecular flexibility index (Phi) is 6.14. The van der Waals surface area contributed by atoms with Crippen LogP contribution < -0.4 is 14.9 Å². The van der Waals surface area contributed by atoms with Crippen molar-refractivity contribution in [3.05, 3.63) is 113 Å². The highest BCUT2D eigenvalue weighted by atomic mass is 32.1. The fourth-order valence-corrected chi connectivity index (χ4v) is 4.58. The van der Waals surface area contributed by atoms with Crippen LogP contribution in [0.3, 0.4) is 0 Å². The van der Waals surface area contributed by atoms with Gasteiger partial charge < -0.3 is 4.74 Å². The molecule has 0 radical (unpaired) electrons. The number of allylic oxidation sites excluding steroid dienone is 2. The van der Waals surface area contributed by atoms with Gasteiger partial charge in [-0.15, -0.1) is 0 Å². The third kappa shape index (κ3) is 4.44. The van der Waals surface area contributed by atoms with E-state index < -0.39 is 16.9 Å². The van der Waals surface area contributed by atoms with E-state index in [0.29, 0.717) is 26.2 Å². The number of carbonyl (C=O) groups is 1. The van der Waals surface area contributed by atoms with Crippen molar-refractivity contribution in [2.24, 2.45) is 4.99 Å². The summed E-state index contributed by atoms with van der Waals surface area (Å²) in [7, 11) is 1.29. The van der Waals surface area contributed by atoms with Crippen molar-refractivity contribution >= 4 is 35.1 Å². The highest BCUT2D eigenvalue weighted by Gasteiger charge is 2.30. The van der Waals surface area contributed by atoms with E-state index in [9.17, 15) is 19.7 Å². The lowest BCUT2D eigenvalue weighted by Gasteiger charge is -2.21. The van der Waals surface area contributed by atoms with Gasteiger partial charge in [-0.25, -0.2) is 9.79 Å². The molecule has 4 rings (SSSR count). The lowest BCUT2D eigenvalue weighted by molar-refractivity contribution is -0.384. The van der Waals surface area contributed by atoms with Crippen LogP contribution in [-0.2, 0) is 9.53 Å². The third-order valence-corrected chi connectivity index (χ3v) is 6.12. The van der Waals surface area contributed by atoms with Crippen molar-refractivity contribution in [3.8, 4) is 0 Å². The molecule has 0 saturated heterocycles. The average molecular weight is 461 g/mol. The maximum Gasteiger partial charge on any atom is 0.338 e. The molecular formula is C24H19N3O5S. The Morgan fingerprint density at radius 1 is 1.15 bits per heavy atom. The lowest BCUT2D eigenvalue weighted by Crippen LogP contribution is -2.38. The number of aromatic nitrogens is 1. The van der Waals surface area contributed by atoms with Gasteiger partial charge in [-0.3, -0.25) is 19.5 Å². The number of hydrogen-bond acceptors (Lipinski definition) is 7. The Bertz CT molecular complexity index is 1460. The number of benzene rings is 2. The summed E-state index contributed by atoms with van der Waals surface area (Å²) < 4.78 is 6.84. The van der Waals surface area contributed by atoms with Crippen molar-refractivity contribution in [2.45, 2.75) is 13.0 Å². The van der Waals surface area contributed by atoms with Gasteiger partial charge in [-0.1, -0.05) is 53.8 Å². The number of nitro benzene ring substituents is 1. The van der Waals surface area contributed by atoms with Gasteiger partial charge in [0.25, 0.3) is 11.2 Å². The smallest absolute Gasteiger partial charge is 0.338 e. The van der Waals surface area contributed by atoms with Gasteiger partial charge in [0, 0.05) is 12.1 Å². The zero-order chi connectivity index (χ0) is 23.5. The van der Waals surface area contributed by atoms with Gasteiger partial charge in [0.15, 0.2) is 4.80 Å². The second kappa shape index (κ2) is 9.17. The molecule has 1 unspecified atom stereocenters. The maximum atomic E-state index is 13.3. The Hall–Kier alpha value is -4.11. The highest BCUT2D eigenvalue weighted by Crippen LogP contribution is 2.26. The van der Waals surface area contributed by atoms with Crippen LogP contribution in [-0.4, -0.2) is 22.6 Å². The molecule has 33 heavy (non-hydrogen) atoms. The number of thiazole rings is 1. The molecule has 0 fully saturated rings. The number of hydrogen-bond donors (Lipinski definition) is 0. The molecule has 1 atom stereocenters. The molecule has 0 amide bonds. The van der Waals surface area contributed by atoms with E-state index in [2.05, 4.69) is 4.99 Å². The zero-order valence-electron chi connectivity index (χ0n) is 17.8. The van der Waals surface area contributed by atoms with Crippen LogP contribution in [0, 0.1) is 10.1 Å². The second-order valence-electron chi connectivity index (χ2n) is 7.23. The zero-order valence-corrected chi connectivity index (χ0v) is 18.6. The molecule has 2 aromatic carbocycles. The van der Waals surface area contributed by atoms with E-state index in [-0.39, 0.29) is 11.2 Å². The first-order valence-corrected chi connectivity index (χ1v) is 10.8. The molecule has 0 saturated carbocycles. The Labute approximate surface area is 192 Å². The predicted molar refractivity (Wildman–Crippen MR) is 125 cm³/mol. The fourth-order valence-electron chi connectivity index (χ4n) is 3.53. The van der Waals surface area contributed by atoms with E-state index >= 15 is 0 Å². The number of nitrogens with zero attached hydrogens (tertiary/aromatic N) is 3. The molecular weight excluding hydrogens is 442 g/mol. The van der Waals surface area contributed by atoms with Crippen molar-refractivity contribution in [1.82, 2.24) is 4.57 Å². The minimum absolute atomic E-state index is 0.0296. The SMILES string of the molecule is COC(=O)C1=C(C)N=c2s/c(=C\c3ccc([N+](=O)[O-])cc3)c(=O)n2C1/C=C/c1ccccc1. The molecule has 8 nitrogen and oxygen atoms in total. The van der Waals surface area contributed by atoms with Gasteiger partial charge in [-0.2, -0.15) is 0 Å². The number of rotatable bonds is 5. The Morgan fingerprint density at radius 2 is 1.85 bits per heavy atom. The minimum atomic E-state index is -0.687. The number of fused-ring (bicyclic) bond motifs is 1. The molecule has 0 spiro atoms. The number of carbonyl (C=O) groups excluding carboxylic acids is 1. The summed E-state index contributed by atoms with van der Waals surface area (Å²) in [4.78, 5) is 41.2. The standard InChI is InChI=1S/C24H19N3O5S/c1-15-21(23(29)32-2)19(13-10-16-6-4-3-5-7-16)26-22(28)20(33-24(26)25-15)14-17-8-11-18(12-9-17)27(30)31/h3-14,19H,1-2H3/b13-10+,20-14-. The molecule has 166 valence electrons. The van der Waals surface area contributed by atoms with Crippen molar-refractivity contribution < 1.29 is 14.5 Å². The molecule has 3 aromatic rings. The quantitative estimate of drug-likeness (QED) is 0.330. The number of methoxy groups -OCH3 is 1. The monoisotopic (exact) mass is 461 g/mol. The van der Waals surface area contributed by atoms with Gasteiger partial charge in [0.1, 0.15) is 0 Å². The van der Waals surface area contributed by atoms with Gasteiger partial charge in [0.2, 0.25) is 0 Å². The van der Waals surface area contributed by atoms with Crippen LogP contribution in [0.5, 0.6) is 0 Å². The van der Waals surface area contributed by atoms with Crippen molar-refractivity contribution in [3.63, 3.8) is 0 Å². The van der Waals surface area contributed by atoms with E-state index in [4.69, 9.17) is 4.74 Å². The number of nitro groups is 1. The first-order valence-electron chi connectivity index (χ1n) is 9.97.